The zero-order valence-corrected chi connectivity index (χ0v) is 9.04. The average Bonchev–Trinajstić information content (AvgIpc) is 2.30. The van der Waals surface area contributed by atoms with Crippen LogP contribution in [0.3, 0.4) is 0 Å². The van der Waals surface area contributed by atoms with Gasteiger partial charge < -0.3 is 9.47 Å². The molecule has 0 saturated carbocycles. The van der Waals surface area contributed by atoms with E-state index >= 15 is 0 Å². The molecule has 0 amide bonds. The van der Waals surface area contributed by atoms with E-state index in [0.29, 0.717) is 5.75 Å². The van der Waals surface area contributed by atoms with E-state index < -0.39 is 11.8 Å². The van der Waals surface area contributed by atoms with E-state index in [2.05, 4.69) is 16.6 Å². The van der Waals surface area contributed by atoms with Crippen molar-refractivity contribution in [1.29, 1.82) is 0 Å². The largest absolute Gasteiger partial charge is 0.497 e. The fourth-order valence-corrected chi connectivity index (χ4v) is 1.01. The first-order valence-electron chi connectivity index (χ1n) is 4.56. The Morgan fingerprint density at radius 2 is 2.19 bits per heavy atom. The normalized spacial score (nSPS) is 8.94. The molecule has 3 nitrogen and oxygen atoms in total. The first-order chi connectivity index (χ1) is 7.67. The molecule has 0 aliphatic heterocycles. The lowest BCUT2D eigenvalue weighted by molar-refractivity contribution is -0.139. The highest BCUT2D eigenvalue weighted by Crippen LogP contribution is 2.15. The molecule has 0 aliphatic carbocycles. The predicted octanol–water partition coefficient (Wildman–Crippen LogP) is 1.75. The lowest BCUT2D eigenvalue weighted by Gasteiger charge is -1.99. The summed E-state index contributed by atoms with van der Waals surface area (Å²) in [7, 11) is 2.73. The topological polar surface area (TPSA) is 35.5 Å². The van der Waals surface area contributed by atoms with E-state index in [0.717, 1.165) is 0 Å². The molecule has 0 spiro atoms. The number of rotatable bonds is 2. The zero-order chi connectivity index (χ0) is 12.0. The molecule has 0 fully saturated rings. The highest BCUT2D eigenvalue weighted by molar-refractivity contribution is 5.72. The van der Waals surface area contributed by atoms with Gasteiger partial charge in [0.2, 0.25) is 0 Å². The molecule has 0 aromatic heterocycles. The number of halogens is 1. The molecule has 0 atom stereocenters. The van der Waals surface area contributed by atoms with Gasteiger partial charge in [0.05, 0.1) is 19.8 Å². The lowest BCUT2D eigenvalue weighted by atomic mass is 10.2. The molecule has 0 unspecified atom stereocenters. The second kappa shape index (κ2) is 5.76. The van der Waals surface area contributed by atoms with Gasteiger partial charge in [-0.3, -0.25) is 4.79 Å². The van der Waals surface area contributed by atoms with Crippen LogP contribution < -0.4 is 4.74 Å². The number of benzene rings is 1. The van der Waals surface area contributed by atoms with Crippen molar-refractivity contribution >= 4 is 5.97 Å². The summed E-state index contributed by atoms with van der Waals surface area (Å²) in [5.74, 6) is 4.58. The van der Waals surface area contributed by atoms with Gasteiger partial charge in [-0.05, 0) is 12.1 Å². The van der Waals surface area contributed by atoms with Crippen molar-refractivity contribution in [1.82, 2.24) is 0 Å². The summed E-state index contributed by atoms with van der Waals surface area (Å²) >= 11 is 0. The van der Waals surface area contributed by atoms with Crippen molar-refractivity contribution in [2.75, 3.05) is 14.2 Å². The molecule has 0 heterocycles. The van der Waals surface area contributed by atoms with Crippen LogP contribution in [-0.2, 0) is 9.53 Å². The number of methoxy groups -OCH3 is 2. The van der Waals surface area contributed by atoms with Crippen molar-refractivity contribution in [2.24, 2.45) is 0 Å². The first kappa shape index (κ1) is 12.1. The highest BCUT2D eigenvalue weighted by atomic mass is 19.1. The molecule has 84 valence electrons. The lowest BCUT2D eigenvalue weighted by Crippen LogP contribution is -1.97. The van der Waals surface area contributed by atoms with Crippen LogP contribution in [0, 0.1) is 17.7 Å². The van der Waals surface area contributed by atoms with Gasteiger partial charge in [0.15, 0.2) is 0 Å². The Kier molecular flexibility index (Phi) is 4.34. The van der Waals surface area contributed by atoms with E-state index in [1.54, 1.807) is 6.07 Å². The minimum atomic E-state index is -0.475. The summed E-state index contributed by atoms with van der Waals surface area (Å²) in [6, 6.07) is 4.34. The Bertz CT molecular complexity index is 443. The average molecular weight is 222 g/mol. The molecule has 1 aromatic carbocycles. The zero-order valence-electron chi connectivity index (χ0n) is 9.04. The van der Waals surface area contributed by atoms with Crippen LogP contribution in [0.2, 0.25) is 0 Å². The molecule has 16 heavy (non-hydrogen) atoms. The van der Waals surface area contributed by atoms with Gasteiger partial charge in [0.25, 0.3) is 0 Å². The number of esters is 1. The standard InChI is InChI=1S/C12H11FO3/c1-15-10-7-6-9(11(13)8-10)4-3-5-12(14)16-2/h6-8H,5H2,1-2H3. The number of hydrogen-bond acceptors (Lipinski definition) is 3. The maximum absolute atomic E-state index is 13.3. The summed E-state index contributed by atoms with van der Waals surface area (Å²) in [5.41, 5.74) is 0.227. The summed E-state index contributed by atoms with van der Waals surface area (Å²) in [4.78, 5) is 10.7. The van der Waals surface area contributed by atoms with Crippen LogP contribution in [-0.4, -0.2) is 20.2 Å². The van der Waals surface area contributed by atoms with Crippen LogP contribution in [0.4, 0.5) is 4.39 Å². The minimum absolute atomic E-state index is 0.0536. The van der Waals surface area contributed by atoms with Gasteiger partial charge in [-0.1, -0.05) is 11.8 Å². The third kappa shape index (κ3) is 3.28. The van der Waals surface area contributed by atoms with Crippen LogP contribution in [0.1, 0.15) is 12.0 Å². The number of carbonyl (C=O) groups is 1. The molecule has 1 rings (SSSR count). The maximum atomic E-state index is 13.3. The van der Waals surface area contributed by atoms with Crippen molar-refractivity contribution in [3.05, 3.63) is 29.6 Å². The molecule has 1 aromatic rings. The van der Waals surface area contributed by atoms with Gasteiger partial charge in [-0.2, -0.15) is 0 Å². The molecule has 0 aliphatic rings. The smallest absolute Gasteiger partial charge is 0.317 e. The quantitative estimate of drug-likeness (QED) is 0.565. The fourth-order valence-electron chi connectivity index (χ4n) is 1.01. The Morgan fingerprint density at radius 3 is 2.75 bits per heavy atom. The molecular formula is C12H11FO3. The van der Waals surface area contributed by atoms with Gasteiger partial charge in [-0.25, -0.2) is 4.39 Å². The van der Waals surface area contributed by atoms with Crippen LogP contribution >= 0.6 is 0 Å². The van der Waals surface area contributed by atoms with Crippen molar-refractivity contribution in [2.45, 2.75) is 6.42 Å². The minimum Gasteiger partial charge on any atom is -0.497 e. The Hall–Kier alpha value is -2.02. The van der Waals surface area contributed by atoms with Gasteiger partial charge in [-0.15, -0.1) is 0 Å². The fraction of sp³-hybridized carbons (Fsp3) is 0.250. The third-order valence-corrected chi connectivity index (χ3v) is 1.86. The molecule has 0 saturated heterocycles. The molecule has 4 heteroatoms. The van der Waals surface area contributed by atoms with Crippen LogP contribution in [0.5, 0.6) is 5.75 Å². The molecule has 0 bridgehead atoms. The predicted molar refractivity (Wildman–Crippen MR) is 56.5 cm³/mol. The first-order valence-corrected chi connectivity index (χ1v) is 4.56. The number of hydrogen-bond donors (Lipinski definition) is 0. The molecular weight excluding hydrogens is 211 g/mol. The monoisotopic (exact) mass is 222 g/mol. The van der Waals surface area contributed by atoms with Crippen molar-refractivity contribution < 1.29 is 18.7 Å². The van der Waals surface area contributed by atoms with E-state index in [-0.39, 0.29) is 12.0 Å². The third-order valence-electron chi connectivity index (χ3n) is 1.86. The van der Waals surface area contributed by atoms with Gasteiger partial charge in [0.1, 0.15) is 18.0 Å². The van der Waals surface area contributed by atoms with Crippen molar-refractivity contribution in [3.63, 3.8) is 0 Å². The second-order valence-corrected chi connectivity index (χ2v) is 2.90. The number of ether oxygens (including phenoxy) is 2. The SMILES string of the molecule is COC(=O)CC#Cc1ccc(OC)cc1F. The maximum Gasteiger partial charge on any atom is 0.317 e. The summed E-state index contributed by atoms with van der Waals surface area (Å²) < 4.78 is 22.6. The van der Waals surface area contributed by atoms with Gasteiger partial charge >= 0.3 is 5.97 Å². The summed E-state index contributed by atoms with van der Waals surface area (Å²) in [5, 5.41) is 0. The summed E-state index contributed by atoms with van der Waals surface area (Å²) in [6.07, 6.45) is -0.0536. The van der Waals surface area contributed by atoms with E-state index in [9.17, 15) is 9.18 Å². The molecule has 0 N–H and O–H groups in total. The Balaban J connectivity index is 2.77. The molecule has 0 radical (unpaired) electrons. The van der Waals surface area contributed by atoms with E-state index in [1.807, 2.05) is 0 Å². The number of carbonyl (C=O) groups excluding carboxylic acids is 1. The Labute approximate surface area is 93.2 Å². The van der Waals surface area contributed by atoms with Gasteiger partial charge in [0, 0.05) is 6.07 Å². The van der Waals surface area contributed by atoms with E-state index in [1.165, 1.54) is 26.4 Å². The Morgan fingerprint density at radius 1 is 1.44 bits per heavy atom. The second-order valence-electron chi connectivity index (χ2n) is 2.90. The van der Waals surface area contributed by atoms with Crippen LogP contribution in [0.15, 0.2) is 18.2 Å². The summed E-state index contributed by atoms with van der Waals surface area (Å²) in [6.45, 7) is 0. The van der Waals surface area contributed by atoms with E-state index in [4.69, 9.17) is 4.74 Å². The van der Waals surface area contributed by atoms with Crippen LogP contribution in [0.25, 0.3) is 0 Å². The van der Waals surface area contributed by atoms with Crippen molar-refractivity contribution in [3.8, 4) is 17.6 Å². The highest BCUT2D eigenvalue weighted by Gasteiger charge is 2.01.